The summed E-state index contributed by atoms with van der Waals surface area (Å²) in [5.74, 6) is -0.900. The van der Waals surface area contributed by atoms with Crippen LogP contribution in [-0.4, -0.2) is 51.4 Å². The number of benzene rings is 1. The number of nitrogens with one attached hydrogen (secondary N) is 2. The molecule has 0 radical (unpaired) electrons. The second-order valence-corrected chi connectivity index (χ2v) is 19.1. The van der Waals surface area contributed by atoms with E-state index in [1.54, 1.807) is 0 Å². The van der Waals surface area contributed by atoms with Gasteiger partial charge in [0.25, 0.3) is 0 Å². The molecule has 3 N–H and O–H groups in total. The number of esters is 2. The van der Waals surface area contributed by atoms with Crippen LogP contribution in [0.5, 0.6) is 5.75 Å². The average Bonchev–Trinajstić information content (AvgIpc) is 2.79. The summed E-state index contributed by atoms with van der Waals surface area (Å²) in [5, 5.41) is 18.9. The van der Waals surface area contributed by atoms with Gasteiger partial charge in [-0.2, -0.15) is 0 Å². The zero-order valence-electron chi connectivity index (χ0n) is 31.8. The van der Waals surface area contributed by atoms with Gasteiger partial charge in [-0.15, -0.1) is 0 Å². The lowest BCUT2D eigenvalue weighted by molar-refractivity contribution is -0.176. The van der Waals surface area contributed by atoms with Crippen LogP contribution >= 0.6 is 0 Å². The van der Waals surface area contributed by atoms with E-state index in [4.69, 9.17) is 9.47 Å². The third kappa shape index (κ3) is 8.86. The maximum atomic E-state index is 15.0. The van der Waals surface area contributed by atoms with Gasteiger partial charge in [0.05, 0.1) is 0 Å². The van der Waals surface area contributed by atoms with Crippen LogP contribution in [0.3, 0.4) is 0 Å². The number of unbranched alkanes of at least 4 members (excludes halogenated alkanes) is 1. The standard InChI is InChI=1S/C39H66N2O5/c1-16-17-18-39(31(43)45-26-21-35(8,9)40-36(10,11)22-26,32(44)46-27-23-37(12,13)41-38(14,15)24-27)25-19-28(33(2,3)4)30(42)29(20-25)34(5,6)7/h19-20,26-27,40-42H,16-18,21-24H2,1-15H3. The predicted molar refractivity (Wildman–Crippen MR) is 188 cm³/mol. The Morgan fingerprint density at radius 3 is 1.33 bits per heavy atom. The average molecular weight is 643 g/mol. The molecule has 0 unspecified atom stereocenters. The Bertz CT molecular complexity index is 1160. The van der Waals surface area contributed by atoms with Gasteiger partial charge in [-0.05, 0) is 101 Å². The highest BCUT2D eigenvalue weighted by Crippen LogP contribution is 2.45. The number of carbonyl (C=O) groups excluding carboxylic acids is 2. The Morgan fingerprint density at radius 2 is 1.04 bits per heavy atom. The van der Waals surface area contributed by atoms with Crippen molar-refractivity contribution in [1.82, 2.24) is 10.6 Å². The van der Waals surface area contributed by atoms with Gasteiger partial charge in [0.15, 0.2) is 5.41 Å². The van der Waals surface area contributed by atoms with Gasteiger partial charge >= 0.3 is 11.9 Å². The first kappa shape index (κ1) is 38.3. The van der Waals surface area contributed by atoms with E-state index in [9.17, 15) is 14.7 Å². The molecule has 0 atom stereocenters. The van der Waals surface area contributed by atoms with Crippen LogP contribution in [0.1, 0.15) is 165 Å². The highest BCUT2D eigenvalue weighted by Gasteiger charge is 2.54. The Labute approximate surface area is 280 Å². The second-order valence-electron chi connectivity index (χ2n) is 19.1. The summed E-state index contributed by atoms with van der Waals surface area (Å²) in [4.78, 5) is 30.0. The molecule has 0 aromatic heterocycles. The first-order chi connectivity index (χ1) is 20.6. The molecular weight excluding hydrogens is 576 g/mol. The minimum absolute atomic E-state index is 0.207. The number of phenolic OH excluding ortho intramolecular Hbond substituents is 1. The van der Waals surface area contributed by atoms with E-state index in [-0.39, 0.29) is 46.5 Å². The van der Waals surface area contributed by atoms with Crippen molar-refractivity contribution in [2.45, 2.75) is 199 Å². The first-order valence-electron chi connectivity index (χ1n) is 17.5. The molecule has 3 rings (SSSR count). The number of phenols is 1. The molecule has 0 amide bonds. The van der Waals surface area contributed by atoms with Crippen molar-refractivity contribution >= 4 is 11.9 Å². The van der Waals surface area contributed by atoms with E-state index < -0.39 is 28.2 Å². The minimum Gasteiger partial charge on any atom is -0.507 e. The second kappa shape index (κ2) is 12.7. The summed E-state index contributed by atoms with van der Waals surface area (Å²) >= 11 is 0. The molecule has 0 saturated carbocycles. The lowest BCUT2D eigenvalue weighted by atomic mass is 9.70. The molecule has 0 aliphatic carbocycles. The molecule has 0 spiro atoms. The molecule has 1 aromatic rings. The fourth-order valence-electron chi connectivity index (χ4n) is 8.26. The smallest absolute Gasteiger partial charge is 0.328 e. The van der Waals surface area contributed by atoms with Crippen molar-refractivity contribution in [3.05, 3.63) is 28.8 Å². The van der Waals surface area contributed by atoms with E-state index in [1.807, 2.05) is 53.7 Å². The van der Waals surface area contributed by atoms with E-state index in [1.165, 1.54) is 0 Å². The minimum atomic E-state index is -1.69. The quantitative estimate of drug-likeness (QED) is 0.195. The van der Waals surface area contributed by atoms with Crippen LogP contribution in [0.15, 0.2) is 12.1 Å². The first-order valence-corrected chi connectivity index (χ1v) is 17.5. The summed E-state index contributed by atoms with van der Waals surface area (Å²) in [6.45, 7) is 31.3. The molecule has 262 valence electrons. The Balaban J connectivity index is 2.28. The third-order valence-corrected chi connectivity index (χ3v) is 9.67. The molecule has 2 aliphatic rings. The van der Waals surface area contributed by atoms with Crippen LogP contribution in [0, 0.1) is 0 Å². The van der Waals surface area contributed by atoms with Crippen molar-refractivity contribution in [3.8, 4) is 5.75 Å². The Morgan fingerprint density at radius 1 is 0.717 bits per heavy atom. The van der Waals surface area contributed by atoms with Crippen LogP contribution in [0.4, 0.5) is 0 Å². The lowest BCUT2D eigenvalue weighted by Gasteiger charge is -2.47. The van der Waals surface area contributed by atoms with Crippen LogP contribution < -0.4 is 10.6 Å². The van der Waals surface area contributed by atoms with Gasteiger partial charge < -0.3 is 25.2 Å². The molecular formula is C39H66N2O5. The predicted octanol–water partition coefficient (Wildman–Crippen LogP) is 8.12. The maximum Gasteiger partial charge on any atom is 0.328 e. The Hall–Kier alpha value is -2.12. The lowest BCUT2D eigenvalue weighted by Crippen LogP contribution is -2.61. The number of carbonyl (C=O) groups is 2. The van der Waals surface area contributed by atoms with Crippen molar-refractivity contribution in [2.75, 3.05) is 0 Å². The monoisotopic (exact) mass is 642 g/mol. The van der Waals surface area contributed by atoms with E-state index in [2.05, 4.69) is 72.9 Å². The largest absolute Gasteiger partial charge is 0.507 e. The number of ether oxygens (including phenoxy) is 2. The molecule has 7 nitrogen and oxygen atoms in total. The highest BCUT2D eigenvalue weighted by molar-refractivity contribution is 6.06. The number of hydrogen-bond donors (Lipinski definition) is 3. The summed E-state index contributed by atoms with van der Waals surface area (Å²) in [5.41, 5.74) is -1.63. The third-order valence-electron chi connectivity index (χ3n) is 9.67. The van der Waals surface area contributed by atoms with Crippen LogP contribution in [0.25, 0.3) is 0 Å². The molecule has 7 heteroatoms. The van der Waals surface area contributed by atoms with E-state index >= 15 is 0 Å². The van der Waals surface area contributed by atoms with E-state index in [0.717, 1.165) is 6.42 Å². The van der Waals surface area contributed by atoms with Crippen molar-refractivity contribution < 1.29 is 24.2 Å². The number of hydrogen-bond acceptors (Lipinski definition) is 7. The SMILES string of the molecule is CCCCC(C(=O)OC1CC(C)(C)NC(C)(C)C1)(C(=O)OC1CC(C)(C)NC(C)(C)C1)c1cc(C(C)(C)C)c(O)c(C(C)(C)C)c1. The van der Waals surface area contributed by atoms with Gasteiger partial charge in [-0.3, -0.25) is 9.59 Å². The summed E-state index contributed by atoms with van der Waals surface area (Å²) in [7, 11) is 0. The normalized spacial score (nSPS) is 21.9. The Kier molecular flexibility index (Phi) is 10.6. The zero-order valence-corrected chi connectivity index (χ0v) is 31.8. The van der Waals surface area contributed by atoms with Gasteiger partial charge in [0, 0.05) is 47.8 Å². The van der Waals surface area contributed by atoms with E-state index in [0.29, 0.717) is 48.8 Å². The molecule has 46 heavy (non-hydrogen) atoms. The fraction of sp³-hybridized carbons (Fsp3) is 0.795. The molecule has 2 saturated heterocycles. The molecule has 0 bridgehead atoms. The molecule has 1 aromatic carbocycles. The number of piperidine rings is 2. The van der Waals surface area contributed by atoms with Crippen molar-refractivity contribution in [1.29, 1.82) is 0 Å². The fourth-order valence-corrected chi connectivity index (χ4v) is 8.26. The van der Waals surface area contributed by atoms with Gasteiger partial charge in [0.2, 0.25) is 0 Å². The summed E-state index contributed by atoms with van der Waals surface area (Å²) < 4.78 is 13.0. The van der Waals surface area contributed by atoms with Crippen LogP contribution in [0.2, 0.25) is 0 Å². The van der Waals surface area contributed by atoms with Crippen molar-refractivity contribution in [2.24, 2.45) is 0 Å². The van der Waals surface area contributed by atoms with Crippen LogP contribution in [-0.2, 0) is 35.3 Å². The summed E-state index contributed by atoms with van der Waals surface area (Å²) in [6.07, 6.45) is 3.47. The van der Waals surface area contributed by atoms with Gasteiger partial charge in [-0.1, -0.05) is 61.3 Å². The topological polar surface area (TPSA) is 96.9 Å². The van der Waals surface area contributed by atoms with Gasteiger partial charge in [-0.25, -0.2) is 0 Å². The number of aromatic hydroxyl groups is 1. The van der Waals surface area contributed by atoms with Crippen molar-refractivity contribution in [3.63, 3.8) is 0 Å². The number of rotatable bonds is 8. The van der Waals surface area contributed by atoms with Gasteiger partial charge in [0.1, 0.15) is 18.0 Å². The summed E-state index contributed by atoms with van der Waals surface area (Å²) in [6, 6.07) is 3.74. The highest BCUT2D eigenvalue weighted by atomic mass is 16.6. The zero-order chi connectivity index (χ0) is 35.3. The maximum absolute atomic E-state index is 15.0. The molecule has 2 aliphatic heterocycles. The molecule has 2 heterocycles. The molecule has 2 fully saturated rings.